The Morgan fingerprint density at radius 1 is 1.33 bits per heavy atom. The highest BCUT2D eigenvalue weighted by molar-refractivity contribution is 8.01. The molecule has 0 spiro atoms. The minimum atomic E-state index is -1.10. The van der Waals surface area contributed by atoms with Crippen LogP contribution in [0.4, 0.5) is 5.13 Å². The van der Waals surface area contributed by atoms with Gasteiger partial charge in [-0.2, -0.15) is 0 Å². The van der Waals surface area contributed by atoms with Crippen LogP contribution in [0.5, 0.6) is 0 Å². The van der Waals surface area contributed by atoms with Crippen molar-refractivity contribution in [2.24, 2.45) is 23.7 Å². The van der Waals surface area contributed by atoms with Crippen molar-refractivity contribution in [1.82, 2.24) is 10.2 Å². The van der Waals surface area contributed by atoms with Crippen LogP contribution in [-0.2, 0) is 9.59 Å². The van der Waals surface area contributed by atoms with Gasteiger partial charge in [0.15, 0.2) is 4.34 Å². The van der Waals surface area contributed by atoms with Gasteiger partial charge in [0.2, 0.25) is 11.0 Å². The average Bonchev–Trinajstić information content (AvgIpc) is 3.13. The van der Waals surface area contributed by atoms with Crippen molar-refractivity contribution in [1.29, 1.82) is 0 Å². The lowest BCUT2D eigenvalue weighted by molar-refractivity contribution is -0.314. The van der Waals surface area contributed by atoms with Gasteiger partial charge in [0, 0.05) is 17.8 Å². The second kappa shape index (κ2) is 5.92. The summed E-state index contributed by atoms with van der Waals surface area (Å²) in [5, 5.41) is 22.4. The van der Waals surface area contributed by atoms with E-state index in [1.807, 2.05) is 6.92 Å². The third-order valence-corrected chi connectivity index (χ3v) is 6.25. The third kappa shape index (κ3) is 2.78. The first-order chi connectivity index (χ1) is 10.1. The van der Waals surface area contributed by atoms with Gasteiger partial charge in [0.1, 0.15) is 0 Å². The van der Waals surface area contributed by atoms with E-state index in [2.05, 4.69) is 15.5 Å². The largest absolute Gasteiger partial charge is 0.550 e. The number of nitrogens with one attached hydrogen (secondary N) is 1. The molecule has 2 aliphatic carbocycles. The van der Waals surface area contributed by atoms with Gasteiger partial charge in [-0.15, -0.1) is 10.2 Å². The highest BCUT2D eigenvalue weighted by atomic mass is 32.2. The van der Waals surface area contributed by atoms with Crippen molar-refractivity contribution in [3.05, 3.63) is 0 Å². The predicted octanol–water partition coefficient (Wildman–Crippen LogP) is 1.00. The molecule has 0 radical (unpaired) electrons. The number of carbonyl (C=O) groups excluding carboxylic acids is 2. The van der Waals surface area contributed by atoms with Gasteiger partial charge in [0.25, 0.3) is 0 Å². The van der Waals surface area contributed by atoms with Crippen LogP contribution in [0.1, 0.15) is 26.2 Å². The summed E-state index contributed by atoms with van der Waals surface area (Å²) in [5.41, 5.74) is 0. The number of carboxylic acids is 1. The summed E-state index contributed by atoms with van der Waals surface area (Å²) in [7, 11) is 0. The third-order valence-electron chi connectivity index (χ3n) is 4.40. The van der Waals surface area contributed by atoms with Gasteiger partial charge in [-0.25, -0.2) is 0 Å². The van der Waals surface area contributed by atoms with Gasteiger partial charge in [-0.1, -0.05) is 30.0 Å². The molecule has 2 fully saturated rings. The van der Waals surface area contributed by atoms with E-state index in [0.29, 0.717) is 5.13 Å². The standard InChI is InChI=1S/C13H17N3O3S2/c1-2-20-13-16-15-12(21-13)14-10(17)8-6-3-4-7(5-6)9(8)11(18)19/h6-9H,2-5H2,1H3,(H,18,19)(H,14,15,17)/p-1/t6-,7-,8+,9-/m0/s1. The predicted molar refractivity (Wildman–Crippen MR) is 77.8 cm³/mol. The van der Waals surface area contributed by atoms with Crippen LogP contribution in [0, 0.1) is 23.7 Å². The number of thioether (sulfide) groups is 1. The molecule has 2 bridgehead atoms. The number of fused-ring (bicyclic) bond motifs is 2. The Bertz CT molecular complexity index is 563. The average molecular weight is 326 g/mol. The molecular weight excluding hydrogens is 310 g/mol. The summed E-state index contributed by atoms with van der Waals surface area (Å²) in [6.45, 7) is 2.02. The number of anilines is 1. The molecular formula is C13H16N3O3S2-. The molecule has 0 unspecified atom stereocenters. The summed E-state index contributed by atoms with van der Waals surface area (Å²) in [5.74, 6) is -1.34. The van der Waals surface area contributed by atoms with Crippen molar-refractivity contribution >= 4 is 40.1 Å². The van der Waals surface area contributed by atoms with Crippen molar-refractivity contribution < 1.29 is 14.7 Å². The highest BCUT2D eigenvalue weighted by Gasteiger charge is 2.51. The Balaban J connectivity index is 1.70. The molecule has 114 valence electrons. The summed E-state index contributed by atoms with van der Waals surface area (Å²) in [4.78, 5) is 23.7. The molecule has 0 aliphatic heterocycles. The Morgan fingerprint density at radius 2 is 2.05 bits per heavy atom. The van der Waals surface area contributed by atoms with E-state index >= 15 is 0 Å². The molecule has 1 aromatic rings. The number of amides is 1. The maximum Gasteiger partial charge on any atom is 0.230 e. The molecule has 8 heteroatoms. The van der Waals surface area contributed by atoms with Crippen LogP contribution in [0.3, 0.4) is 0 Å². The molecule has 1 amide bonds. The topological polar surface area (TPSA) is 95.0 Å². The van der Waals surface area contributed by atoms with Crippen LogP contribution in [0.25, 0.3) is 0 Å². The summed E-state index contributed by atoms with van der Waals surface area (Å²) in [6, 6.07) is 0. The zero-order chi connectivity index (χ0) is 15.0. The van der Waals surface area contributed by atoms with Gasteiger partial charge >= 0.3 is 0 Å². The molecule has 1 aromatic heterocycles. The SMILES string of the molecule is CCSc1nnc(NC(=O)[C@@H]2[C@H]3CC[C@@H](C3)[C@@H]2C(=O)[O-])s1. The lowest BCUT2D eigenvalue weighted by atomic mass is 9.79. The quantitative estimate of drug-likeness (QED) is 0.641. The fraction of sp³-hybridized carbons (Fsp3) is 0.692. The molecule has 0 aromatic carbocycles. The van der Waals surface area contributed by atoms with Gasteiger partial charge in [-0.05, 0) is 36.9 Å². The summed E-state index contributed by atoms with van der Waals surface area (Å²) >= 11 is 2.88. The number of nitrogens with zero attached hydrogens (tertiary/aromatic N) is 2. The fourth-order valence-corrected chi connectivity index (χ4v) is 5.29. The Morgan fingerprint density at radius 3 is 2.71 bits per heavy atom. The molecule has 6 nitrogen and oxygen atoms in total. The normalized spacial score (nSPS) is 30.5. The van der Waals surface area contributed by atoms with E-state index in [-0.39, 0.29) is 17.7 Å². The second-order valence-electron chi connectivity index (χ2n) is 5.50. The fourth-order valence-electron chi connectivity index (χ4n) is 3.64. The molecule has 1 N–H and O–H groups in total. The molecule has 2 saturated carbocycles. The van der Waals surface area contributed by atoms with Crippen LogP contribution in [-0.4, -0.2) is 27.8 Å². The number of carbonyl (C=O) groups is 2. The minimum Gasteiger partial charge on any atom is -0.550 e. The maximum absolute atomic E-state index is 12.4. The lowest BCUT2D eigenvalue weighted by Crippen LogP contribution is -2.43. The van der Waals surface area contributed by atoms with Gasteiger partial charge in [0.05, 0.1) is 0 Å². The van der Waals surface area contributed by atoms with Crippen molar-refractivity contribution in [2.75, 3.05) is 11.1 Å². The highest BCUT2D eigenvalue weighted by Crippen LogP contribution is 2.52. The minimum absolute atomic E-state index is 0.0939. The first-order valence-electron chi connectivity index (χ1n) is 7.08. The smallest absolute Gasteiger partial charge is 0.230 e. The lowest BCUT2D eigenvalue weighted by Gasteiger charge is -2.30. The molecule has 1 heterocycles. The number of rotatable bonds is 5. The van der Waals surface area contributed by atoms with E-state index in [4.69, 9.17) is 0 Å². The number of aromatic nitrogens is 2. The van der Waals surface area contributed by atoms with Crippen LogP contribution < -0.4 is 10.4 Å². The number of aliphatic carboxylic acids is 1. The van der Waals surface area contributed by atoms with Gasteiger partial charge < -0.3 is 15.2 Å². The van der Waals surface area contributed by atoms with Crippen molar-refractivity contribution in [2.45, 2.75) is 30.5 Å². The number of hydrogen-bond donors (Lipinski definition) is 1. The van der Waals surface area contributed by atoms with Crippen LogP contribution >= 0.6 is 23.1 Å². The first-order valence-corrected chi connectivity index (χ1v) is 8.88. The van der Waals surface area contributed by atoms with E-state index in [0.717, 1.165) is 29.4 Å². The monoisotopic (exact) mass is 326 g/mol. The van der Waals surface area contributed by atoms with Crippen LogP contribution in [0.2, 0.25) is 0 Å². The van der Waals surface area contributed by atoms with Crippen molar-refractivity contribution in [3.8, 4) is 0 Å². The Hall–Kier alpha value is -1.15. The van der Waals surface area contributed by atoms with E-state index in [1.165, 1.54) is 11.3 Å². The van der Waals surface area contributed by atoms with E-state index in [1.54, 1.807) is 11.8 Å². The molecule has 4 atom stereocenters. The van der Waals surface area contributed by atoms with Crippen molar-refractivity contribution in [3.63, 3.8) is 0 Å². The Labute approximate surface area is 130 Å². The Kier molecular flexibility index (Phi) is 4.17. The molecule has 2 aliphatic rings. The number of carboxylic acid groups (broad SMARTS) is 1. The summed E-state index contributed by atoms with van der Waals surface area (Å²) < 4.78 is 0.803. The maximum atomic E-state index is 12.4. The molecule has 21 heavy (non-hydrogen) atoms. The molecule has 0 saturated heterocycles. The second-order valence-corrected chi connectivity index (χ2v) is 7.99. The zero-order valence-corrected chi connectivity index (χ0v) is 13.2. The van der Waals surface area contributed by atoms with E-state index < -0.39 is 17.8 Å². The summed E-state index contributed by atoms with van der Waals surface area (Å²) in [6.07, 6.45) is 2.65. The number of hydrogen-bond acceptors (Lipinski definition) is 7. The molecule has 3 rings (SSSR count). The van der Waals surface area contributed by atoms with E-state index in [9.17, 15) is 14.7 Å². The zero-order valence-electron chi connectivity index (χ0n) is 11.6. The van der Waals surface area contributed by atoms with Crippen LogP contribution in [0.15, 0.2) is 4.34 Å². The first kappa shape index (κ1) is 14.8. The van der Waals surface area contributed by atoms with Gasteiger partial charge in [-0.3, -0.25) is 4.79 Å².